The fourth-order valence-electron chi connectivity index (χ4n) is 5.24. The summed E-state index contributed by atoms with van der Waals surface area (Å²) in [5, 5.41) is 7.27. The van der Waals surface area contributed by atoms with Gasteiger partial charge in [-0.25, -0.2) is 0 Å². The number of fused-ring (bicyclic) bond motifs is 1. The molecule has 5 aromatic rings. The maximum Gasteiger partial charge on any atom is 0.00397 e. The molecule has 0 saturated carbocycles. The van der Waals surface area contributed by atoms with Crippen LogP contribution in [0.15, 0.2) is 152 Å². The second-order valence-corrected chi connectivity index (χ2v) is 15.2. The molecule has 2 heteroatoms. The quantitative estimate of drug-likeness (QED) is 0.221. The van der Waals surface area contributed by atoms with Gasteiger partial charge >= 0.3 is 0 Å². The van der Waals surface area contributed by atoms with Crippen molar-refractivity contribution in [3.63, 3.8) is 0 Å². The van der Waals surface area contributed by atoms with Crippen LogP contribution in [0.5, 0.6) is 0 Å². The molecule has 174 valence electrons. The third-order valence-corrected chi connectivity index (χ3v) is 15.2. The molecule has 0 radical (unpaired) electrons. The minimum Gasteiger partial charge on any atom is -0.0622 e. The number of hydrogen-bond donors (Lipinski definition) is 0. The summed E-state index contributed by atoms with van der Waals surface area (Å²) in [6, 6.07) is 53.8. The summed E-state index contributed by atoms with van der Waals surface area (Å²) in [7, 11) is -0.597. The minimum atomic E-state index is -2.01. The zero-order valence-corrected chi connectivity index (χ0v) is 21.9. The van der Waals surface area contributed by atoms with Crippen LogP contribution >= 0.6 is 14.8 Å². The van der Waals surface area contributed by atoms with E-state index in [1.807, 2.05) is 0 Å². The van der Waals surface area contributed by atoms with E-state index in [0.717, 1.165) is 5.90 Å². The van der Waals surface area contributed by atoms with E-state index in [4.69, 9.17) is 0 Å². The second kappa shape index (κ2) is 10.3. The molecule has 5 aromatic carbocycles. The third-order valence-electron chi connectivity index (χ3n) is 6.95. The molecule has 0 atom stereocenters. The smallest absolute Gasteiger partial charge is 0.00397 e. The van der Waals surface area contributed by atoms with Gasteiger partial charge in [0, 0.05) is 5.90 Å². The van der Waals surface area contributed by atoms with Gasteiger partial charge in [-0.2, -0.15) is 0 Å². The van der Waals surface area contributed by atoms with Crippen LogP contribution in [0.1, 0.15) is 11.1 Å². The predicted octanol–water partition coefficient (Wildman–Crippen LogP) is 6.99. The Hall–Kier alpha value is -3.43. The Labute approximate surface area is 215 Å². The van der Waals surface area contributed by atoms with Crippen molar-refractivity contribution in [2.75, 3.05) is 5.90 Å². The zero-order valence-electron chi connectivity index (χ0n) is 20.1. The lowest BCUT2D eigenvalue weighted by atomic mass is 10.1. The van der Waals surface area contributed by atoms with Crippen molar-refractivity contribution in [3.8, 4) is 0 Å². The van der Waals surface area contributed by atoms with E-state index in [0.29, 0.717) is 0 Å². The lowest BCUT2D eigenvalue weighted by Gasteiger charge is -2.35. The maximum absolute atomic E-state index is 2.42. The summed E-state index contributed by atoms with van der Waals surface area (Å²) in [5.41, 5.74) is 2.71. The molecular weight excluding hydrogens is 470 g/mol. The Morgan fingerprint density at radius 2 is 0.889 bits per heavy atom. The fourth-order valence-corrected chi connectivity index (χ4v) is 14.7. The standard InChI is InChI=1S/C34H28P2/c1-5-16-29(17-6-1)35(30-18-7-2-8-19-30)27-36(31-20-9-3-10-21-31,32-22-11-4-12-23-32)34-26-25-28-15-13-14-24-33(28)34/h1-26H,27H2. The van der Waals surface area contributed by atoms with Crippen LogP contribution in [0, 0.1) is 0 Å². The molecule has 0 N–H and O–H groups in total. The van der Waals surface area contributed by atoms with Crippen molar-refractivity contribution >= 4 is 47.4 Å². The summed E-state index contributed by atoms with van der Waals surface area (Å²) in [5.74, 6) is 1.10. The van der Waals surface area contributed by atoms with Crippen LogP contribution in [0.3, 0.4) is 0 Å². The van der Waals surface area contributed by atoms with E-state index in [2.05, 4.69) is 158 Å². The Bertz CT molecular complexity index is 1450. The van der Waals surface area contributed by atoms with Crippen LogP contribution in [0.2, 0.25) is 0 Å². The third kappa shape index (κ3) is 4.22. The molecule has 1 aliphatic rings. The lowest BCUT2D eigenvalue weighted by Crippen LogP contribution is -2.27. The van der Waals surface area contributed by atoms with Crippen molar-refractivity contribution < 1.29 is 0 Å². The highest BCUT2D eigenvalue weighted by atomic mass is 31.2. The Morgan fingerprint density at radius 1 is 0.444 bits per heavy atom. The van der Waals surface area contributed by atoms with Gasteiger partial charge in [-0.1, -0.05) is 158 Å². The predicted molar refractivity (Wildman–Crippen MR) is 163 cm³/mol. The molecule has 0 nitrogen and oxygen atoms in total. The molecular formula is C34H28P2. The average molecular weight is 499 g/mol. The first-order valence-corrected chi connectivity index (χ1v) is 15.9. The molecule has 0 saturated heterocycles. The molecule has 0 unspecified atom stereocenters. The Kier molecular flexibility index (Phi) is 6.57. The van der Waals surface area contributed by atoms with E-state index in [-0.39, 0.29) is 0 Å². The van der Waals surface area contributed by atoms with E-state index >= 15 is 0 Å². The number of hydrogen-bond acceptors (Lipinski definition) is 0. The largest absolute Gasteiger partial charge is 0.0622 e. The van der Waals surface area contributed by atoms with Crippen LogP contribution in [-0.2, 0) is 0 Å². The van der Waals surface area contributed by atoms with Gasteiger partial charge in [0.05, 0.1) is 0 Å². The highest BCUT2D eigenvalue weighted by Crippen LogP contribution is 2.58. The maximum atomic E-state index is 2.42. The monoisotopic (exact) mass is 498 g/mol. The molecule has 1 aliphatic carbocycles. The SMILES string of the molecule is C1=Cc2ccccc2C1=P(CP(c1ccccc1)c1ccccc1)(c1ccccc1)c1ccccc1. The molecule has 0 spiro atoms. The second-order valence-electron chi connectivity index (χ2n) is 9.03. The van der Waals surface area contributed by atoms with Crippen LogP contribution < -0.4 is 21.2 Å². The Balaban J connectivity index is 1.71. The summed E-state index contributed by atoms with van der Waals surface area (Å²) in [6.07, 6.45) is 4.74. The Morgan fingerprint density at radius 3 is 1.42 bits per heavy atom. The first-order valence-electron chi connectivity index (χ1n) is 12.4. The van der Waals surface area contributed by atoms with Gasteiger partial charge in [-0.3, -0.25) is 0 Å². The zero-order chi connectivity index (χ0) is 24.2. The summed E-state index contributed by atoms with van der Waals surface area (Å²) in [6.45, 7) is -2.01. The normalized spacial score (nSPS) is 12.6. The van der Waals surface area contributed by atoms with Crippen molar-refractivity contribution in [2.24, 2.45) is 0 Å². The molecule has 6 rings (SSSR count). The van der Waals surface area contributed by atoms with Gasteiger partial charge < -0.3 is 0 Å². The molecule has 0 amide bonds. The number of allylic oxidation sites excluding steroid dienone is 1. The van der Waals surface area contributed by atoms with Crippen molar-refractivity contribution in [1.82, 2.24) is 0 Å². The van der Waals surface area contributed by atoms with E-state index in [1.54, 1.807) is 0 Å². The molecule has 0 fully saturated rings. The highest BCUT2D eigenvalue weighted by molar-refractivity contribution is 7.98. The highest BCUT2D eigenvalue weighted by Gasteiger charge is 2.33. The molecule has 0 aromatic heterocycles. The average Bonchev–Trinajstić information content (AvgIpc) is 3.40. The topological polar surface area (TPSA) is 0 Å². The van der Waals surface area contributed by atoms with Gasteiger partial charge in [-0.05, 0) is 52.4 Å². The van der Waals surface area contributed by atoms with Crippen molar-refractivity contribution in [3.05, 3.63) is 163 Å². The van der Waals surface area contributed by atoms with E-state index < -0.39 is 14.8 Å². The number of rotatable bonds is 6. The van der Waals surface area contributed by atoms with Crippen LogP contribution in [0.25, 0.3) is 6.08 Å². The lowest BCUT2D eigenvalue weighted by molar-refractivity contribution is 1.65. The van der Waals surface area contributed by atoms with Crippen LogP contribution in [0.4, 0.5) is 0 Å². The fraction of sp³-hybridized carbons (Fsp3) is 0.0294. The summed E-state index contributed by atoms with van der Waals surface area (Å²) in [4.78, 5) is 0. The van der Waals surface area contributed by atoms with Gasteiger partial charge in [0.1, 0.15) is 0 Å². The van der Waals surface area contributed by atoms with E-state index in [1.165, 1.54) is 37.6 Å². The molecule has 0 bridgehead atoms. The summed E-state index contributed by atoms with van der Waals surface area (Å²) >= 11 is 0. The van der Waals surface area contributed by atoms with Crippen molar-refractivity contribution in [1.29, 1.82) is 0 Å². The first-order chi connectivity index (χ1) is 17.9. The van der Waals surface area contributed by atoms with Gasteiger partial charge in [0.2, 0.25) is 0 Å². The van der Waals surface area contributed by atoms with Gasteiger partial charge in [0.15, 0.2) is 0 Å². The number of benzene rings is 5. The van der Waals surface area contributed by atoms with Crippen LogP contribution in [-0.4, -0.2) is 11.2 Å². The molecule has 0 heterocycles. The molecule has 36 heavy (non-hydrogen) atoms. The van der Waals surface area contributed by atoms with Gasteiger partial charge in [-0.15, -0.1) is 0 Å². The molecule has 0 aliphatic heterocycles. The first kappa shape index (κ1) is 23.0. The summed E-state index contributed by atoms with van der Waals surface area (Å²) < 4.78 is 0. The van der Waals surface area contributed by atoms with Crippen molar-refractivity contribution in [2.45, 2.75) is 0 Å². The minimum absolute atomic E-state index is 0.597. The van der Waals surface area contributed by atoms with E-state index in [9.17, 15) is 0 Å². The van der Waals surface area contributed by atoms with Gasteiger partial charge in [0.25, 0.3) is 0 Å².